The van der Waals surface area contributed by atoms with Crippen molar-refractivity contribution in [3.05, 3.63) is 26.5 Å². The molecule has 2 N–H and O–H groups in total. The van der Waals surface area contributed by atoms with Crippen LogP contribution >= 0.6 is 11.3 Å². The molecule has 0 aliphatic rings. The quantitative estimate of drug-likeness (QED) is 0.339. The normalized spacial score (nSPS) is 13.4. The first-order valence-electron chi connectivity index (χ1n) is 5.59. The van der Waals surface area contributed by atoms with E-state index in [0.717, 1.165) is 11.3 Å². The topological polar surface area (TPSA) is 128 Å². The molecule has 0 amide bonds. The van der Waals surface area contributed by atoms with Gasteiger partial charge in [-0.15, -0.1) is 11.3 Å². The van der Waals surface area contributed by atoms with Gasteiger partial charge in [0.15, 0.2) is 5.69 Å². The SMILES string of the molecule is CCOC(=O)c1csc(C(O)C(O)CCN=[N+]=[N-])n1. The first-order chi connectivity index (χ1) is 9.10. The number of aliphatic hydroxyl groups is 2. The van der Waals surface area contributed by atoms with E-state index in [2.05, 4.69) is 15.0 Å². The fourth-order valence-electron chi connectivity index (χ4n) is 1.28. The molecular formula is C10H14N4O4S. The number of aliphatic hydroxyl groups excluding tert-OH is 2. The molecule has 0 saturated carbocycles. The highest BCUT2D eigenvalue weighted by molar-refractivity contribution is 7.09. The van der Waals surface area contributed by atoms with E-state index < -0.39 is 18.2 Å². The van der Waals surface area contributed by atoms with Crippen LogP contribution in [0.5, 0.6) is 0 Å². The number of azide groups is 1. The van der Waals surface area contributed by atoms with E-state index in [0.29, 0.717) is 0 Å². The fourth-order valence-corrected chi connectivity index (χ4v) is 2.11. The maximum Gasteiger partial charge on any atom is 0.357 e. The zero-order valence-corrected chi connectivity index (χ0v) is 11.1. The van der Waals surface area contributed by atoms with Crippen LogP contribution in [0.3, 0.4) is 0 Å². The monoisotopic (exact) mass is 286 g/mol. The number of thiazole rings is 1. The maximum absolute atomic E-state index is 11.4. The van der Waals surface area contributed by atoms with Crippen molar-refractivity contribution >= 4 is 17.3 Å². The molecule has 0 saturated heterocycles. The lowest BCUT2D eigenvalue weighted by atomic mass is 10.1. The van der Waals surface area contributed by atoms with Crippen molar-refractivity contribution in [2.45, 2.75) is 25.6 Å². The molecule has 0 bridgehead atoms. The number of aromatic nitrogens is 1. The van der Waals surface area contributed by atoms with Gasteiger partial charge < -0.3 is 14.9 Å². The molecule has 1 aromatic heterocycles. The number of hydrogen-bond donors (Lipinski definition) is 2. The van der Waals surface area contributed by atoms with E-state index in [1.54, 1.807) is 6.92 Å². The van der Waals surface area contributed by atoms with Gasteiger partial charge in [0.2, 0.25) is 0 Å². The summed E-state index contributed by atoms with van der Waals surface area (Å²) < 4.78 is 4.77. The largest absolute Gasteiger partial charge is 0.461 e. The molecule has 2 atom stereocenters. The molecule has 104 valence electrons. The zero-order valence-electron chi connectivity index (χ0n) is 10.3. The third-order valence-electron chi connectivity index (χ3n) is 2.21. The maximum atomic E-state index is 11.4. The summed E-state index contributed by atoms with van der Waals surface area (Å²) in [6.07, 6.45) is -2.21. The minimum Gasteiger partial charge on any atom is -0.461 e. The number of carbonyl (C=O) groups is 1. The van der Waals surface area contributed by atoms with Crippen molar-refractivity contribution in [3.63, 3.8) is 0 Å². The summed E-state index contributed by atoms with van der Waals surface area (Å²) in [5.41, 5.74) is 8.20. The molecule has 1 heterocycles. The Balaban J connectivity index is 2.64. The standard InChI is InChI=1S/C10H14N4O4S/c1-2-18-10(17)6-5-19-9(13-6)8(16)7(15)3-4-12-14-11/h5,7-8,15-16H,2-4H2,1H3. The van der Waals surface area contributed by atoms with E-state index in [9.17, 15) is 15.0 Å². The van der Waals surface area contributed by atoms with Gasteiger partial charge in [-0.3, -0.25) is 0 Å². The molecular weight excluding hydrogens is 272 g/mol. The van der Waals surface area contributed by atoms with Crippen LogP contribution in [0.15, 0.2) is 10.5 Å². The van der Waals surface area contributed by atoms with Gasteiger partial charge >= 0.3 is 5.97 Å². The van der Waals surface area contributed by atoms with Gasteiger partial charge in [-0.05, 0) is 18.9 Å². The predicted molar refractivity (Wildman–Crippen MR) is 67.7 cm³/mol. The number of nitrogens with zero attached hydrogens (tertiary/aromatic N) is 4. The minimum atomic E-state index is -1.22. The third kappa shape index (κ3) is 4.49. The molecule has 0 radical (unpaired) electrons. The van der Waals surface area contributed by atoms with E-state index in [-0.39, 0.29) is 30.3 Å². The lowest BCUT2D eigenvalue weighted by molar-refractivity contribution is 0.0147. The molecule has 2 unspecified atom stereocenters. The number of rotatable bonds is 7. The van der Waals surface area contributed by atoms with Crippen molar-refractivity contribution in [1.82, 2.24) is 4.98 Å². The first-order valence-corrected chi connectivity index (χ1v) is 6.47. The van der Waals surface area contributed by atoms with Gasteiger partial charge in [0.05, 0.1) is 12.7 Å². The lowest BCUT2D eigenvalue weighted by Crippen LogP contribution is -2.19. The Morgan fingerprint density at radius 2 is 2.42 bits per heavy atom. The van der Waals surface area contributed by atoms with Crippen molar-refractivity contribution in [3.8, 4) is 0 Å². The van der Waals surface area contributed by atoms with Gasteiger partial charge in [-0.2, -0.15) is 0 Å². The van der Waals surface area contributed by atoms with Crippen LogP contribution in [0.25, 0.3) is 10.4 Å². The van der Waals surface area contributed by atoms with Crippen LogP contribution in [0.2, 0.25) is 0 Å². The number of carbonyl (C=O) groups excluding carboxylic acids is 1. The Kier molecular flexibility index (Phi) is 6.23. The lowest BCUT2D eigenvalue weighted by Gasteiger charge is -2.14. The molecule has 0 aromatic carbocycles. The second-order valence-corrected chi connectivity index (χ2v) is 4.44. The van der Waals surface area contributed by atoms with Gasteiger partial charge in [-0.25, -0.2) is 9.78 Å². The minimum absolute atomic E-state index is 0.0742. The summed E-state index contributed by atoms with van der Waals surface area (Å²) in [6, 6.07) is 0. The third-order valence-corrected chi connectivity index (χ3v) is 3.13. The number of ether oxygens (including phenoxy) is 1. The molecule has 0 spiro atoms. The summed E-state index contributed by atoms with van der Waals surface area (Å²) >= 11 is 1.05. The molecule has 0 fully saturated rings. The molecule has 1 aromatic rings. The Morgan fingerprint density at radius 1 is 1.68 bits per heavy atom. The molecule has 19 heavy (non-hydrogen) atoms. The highest BCUT2D eigenvalue weighted by atomic mass is 32.1. The Hall–Kier alpha value is -1.67. The van der Waals surface area contributed by atoms with Crippen LogP contribution in [0.1, 0.15) is 34.9 Å². The van der Waals surface area contributed by atoms with Crippen LogP contribution in [-0.4, -0.2) is 40.4 Å². The number of hydrogen-bond acceptors (Lipinski definition) is 7. The van der Waals surface area contributed by atoms with E-state index in [1.165, 1.54) is 5.38 Å². The average Bonchev–Trinajstić information content (AvgIpc) is 2.88. The van der Waals surface area contributed by atoms with Gasteiger partial charge in [0.25, 0.3) is 0 Å². The van der Waals surface area contributed by atoms with Crippen molar-refractivity contribution < 1.29 is 19.7 Å². The highest BCUT2D eigenvalue weighted by Gasteiger charge is 2.22. The van der Waals surface area contributed by atoms with Crippen molar-refractivity contribution in [1.29, 1.82) is 0 Å². The molecule has 0 aliphatic heterocycles. The van der Waals surface area contributed by atoms with Gasteiger partial charge in [0, 0.05) is 16.8 Å². The summed E-state index contributed by atoms with van der Waals surface area (Å²) in [7, 11) is 0. The summed E-state index contributed by atoms with van der Waals surface area (Å²) in [6.45, 7) is 1.99. The summed E-state index contributed by atoms with van der Waals surface area (Å²) in [4.78, 5) is 17.8. The Morgan fingerprint density at radius 3 is 3.05 bits per heavy atom. The van der Waals surface area contributed by atoms with Crippen molar-refractivity contribution in [2.75, 3.05) is 13.2 Å². The van der Waals surface area contributed by atoms with Gasteiger partial charge in [-0.1, -0.05) is 5.11 Å². The average molecular weight is 286 g/mol. The number of esters is 1. The van der Waals surface area contributed by atoms with Crippen LogP contribution in [0, 0.1) is 0 Å². The van der Waals surface area contributed by atoms with E-state index >= 15 is 0 Å². The Bertz CT molecular complexity index is 472. The van der Waals surface area contributed by atoms with Crippen LogP contribution < -0.4 is 0 Å². The van der Waals surface area contributed by atoms with E-state index in [1.807, 2.05) is 0 Å². The highest BCUT2D eigenvalue weighted by Crippen LogP contribution is 2.23. The second kappa shape index (κ2) is 7.70. The van der Waals surface area contributed by atoms with E-state index in [4.69, 9.17) is 10.3 Å². The molecule has 0 aliphatic carbocycles. The van der Waals surface area contributed by atoms with Crippen LogP contribution in [0.4, 0.5) is 0 Å². The van der Waals surface area contributed by atoms with Crippen molar-refractivity contribution in [2.24, 2.45) is 5.11 Å². The predicted octanol–water partition coefficient (Wildman–Crippen LogP) is 1.41. The Labute approximate surface area is 113 Å². The molecule has 8 nitrogen and oxygen atoms in total. The molecule has 9 heteroatoms. The smallest absolute Gasteiger partial charge is 0.357 e. The zero-order chi connectivity index (χ0) is 14.3. The molecule has 1 rings (SSSR count). The van der Waals surface area contributed by atoms with Crippen LogP contribution in [-0.2, 0) is 4.74 Å². The summed E-state index contributed by atoms with van der Waals surface area (Å²) in [5.74, 6) is -0.569. The second-order valence-electron chi connectivity index (χ2n) is 3.55. The summed E-state index contributed by atoms with van der Waals surface area (Å²) in [5, 5.41) is 24.4. The fraction of sp³-hybridized carbons (Fsp3) is 0.600. The van der Waals surface area contributed by atoms with Gasteiger partial charge in [0.1, 0.15) is 11.1 Å². The first kappa shape index (κ1) is 15.4.